The molecule has 3 aromatic rings. The first kappa shape index (κ1) is 24.8. The van der Waals surface area contributed by atoms with Crippen LogP contribution in [0.2, 0.25) is 5.02 Å². The Balaban J connectivity index is 0.00000289. The normalized spacial score (nSPS) is 16.3. The summed E-state index contributed by atoms with van der Waals surface area (Å²) in [6.45, 7) is 5.39. The third-order valence-corrected chi connectivity index (χ3v) is 8.07. The molecule has 1 unspecified atom stereocenters. The third-order valence-electron chi connectivity index (χ3n) is 6.23. The van der Waals surface area contributed by atoms with E-state index in [-0.39, 0.29) is 34.6 Å². The maximum atomic E-state index is 12.6. The summed E-state index contributed by atoms with van der Waals surface area (Å²) < 4.78 is 26.9. The van der Waals surface area contributed by atoms with Crippen LogP contribution in [0, 0.1) is 0 Å². The molecule has 32 heavy (non-hydrogen) atoms. The lowest BCUT2D eigenvalue weighted by Gasteiger charge is -2.40. The van der Waals surface area contributed by atoms with Crippen LogP contribution >= 0.6 is 24.0 Å². The largest absolute Gasteiger partial charge is 0.339 e. The van der Waals surface area contributed by atoms with Crippen LogP contribution in [-0.4, -0.2) is 30.3 Å². The summed E-state index contributed by atoms with van der Waals surface area (Å²) in [5.41, 5.74) is 4.66. The van der Waals surface area contributed by atoms with Crippen molar-refractivity contribution in [1.29, 1.82) is 0 Å². The van der Waals surface area contributed by atoms with Gasteiger partial charge in [-0.25, -0.2) is 13.4 Å². The van der Waals surface area contributed by atoms with E-state index in [4.69, 9.17) is 11.6 Å². The van der Waals surface area contributed by atoms with Crippen molar-refractivity contribution in [1.82, 2.24) is 14.9 Å². The zero-order valence-corrected chi connectivity index (χ0v) is 20.9. The van der Waals surface area contributed by atoms with Gasteiger partial charge in [0.05, 0.1) is 12.1 Å². The van der Waals surface area contributed by atoms with Crippen molar-refractivity contribution < 1.29 is 8.42 Å². The van der Waals surface area contributed by atoms with Crippen molar-refractivity contribution in [2.45, 2.75) is 43.2 Å². The Hall–Kier alpha value is -1.86. The van der Waals surface area contributed by atoms with Crippen LogP contribution in [0.25, 0.3) is 0 Å². The number of rotatable bonds is 6. The Morgan fingerprint density at radius 3 is 2.56 bits per heavy atom. The summed E-state index contributed by atoms with van der Waals surface area (Å²) in [4.78, 5) is 4.01. The predicted molar refractivity (Wildman–Crippen MR) is 132 cm³/mol. The maximum Gasteiger partial charge on any atom is 0.197 e. The zero-order chi connectivity index (χ0) is 22.2. The van der Waals surface area contributed by atoms with Gasteiger partial charge in [-0.2, -0.15) is 0 Å². The van der Waals surface area contributed by atoms with E-state index in [9.17, 15) is 8.42 Å². The molecule has 0 amide bonds. The number of hydrogen-bond acceptors (Lipinski definition) is 4. The Morgan fingerprint density at radius 1 is 1.19 bits per heavy atom. The predicted octanol–water partition coefficient (Wildman–Crippen LogP) is 4.68. The van der Waals surface area contributed by atoms with Crippen molar-refractivity contribution in [2.24, 2.45) is 7.05 Å². The number of halogens is 2. The summed E-state index contributed by atoms with van der Waals surface area (Å²) in [5, 5.41) is 4.56. The summed E-state index contributed by atoms with van der Waals surface area (Å²) >= 11 is 6.10. The summed E-state index contributed by atoms with van der Waals surface area (Å²) in [6.07, 6.45) is 4.49. The second kappa shape index (κ2) is 9.56. The zero-order valence-electron chi connectivity index (χ0n) is 18.5. The highest BCUT2D eigenvalue weighted by atomic mass is 35.5. The highest BCUT2D eigenvalue weighted by Gasteiger charge is 2.35. The summed E-state index contributed by atoms with van der Waals surface area (Å²) in [7, 11) is -1.64. The maximum absolute atomic E-state index is 12.6. The summed E-state index contributed by atoms with van der Waals surface area (Å²) in [5.74, 6) is 0.0431. The molecule has 1 atom stereocenters. The van der Waals surface area contributed by atoms with Gasteiger partial charge in [-0.1, -0.05) is 55.8 Å². The molecule has 4 rings (SSSR count). The van der Waals surface area contributed by atoms with Crippen LogP contribution < -0.4 is 5.32 Å². The molecule has 0 aliphatic carbocycles. The highest BCUT2D eigenvalue weighted by molar-refractivity contribution is 7.91. The Kier molecular flexibility index (Phi) is 7.40. The van der Waals surface area contributed by atoms with Crippen LogP contribution in [0.4, 0.5) is 0 Å². The first-order chi connectivity index (χ1) is 14.7. The van der Waals surface area contributed by atoms with E-state index in [1.165, 1.54) is 23.0 Å². The van der Waals surface area contributed by atoms with Crippen LogP contribution in [0.3, 0.4) is 0 Å². The molecule has 172 valence electrons. The van der Waals surface area contributed by atoms with Crippen molar-refractivity contribution in [3.8, 4) is 0 Å². The number of aromatic nitrogens is 2. The van der Waals surface area contributed by atoms with Gasteiger partial charge < -0.3 is 9.88 Å². The molecular formula is C24H29Cl2N3O2S. The third kappa shape index (κ3) is 5.04. The second-order valence-corrected chi connectivity index (χ2v) is 11.3. The van der Waals surface area contributed by atoms with E-state index in [2.05, 4.69) is 54.5 Å². The smallest absolute Gasteiger partial charge is 0.197 e. The molecule has 0 fully saturated rings. The molecule has 0 radical (unpaired) electrons. The second-order valence-electron chi connectivity index (χ2n) is 8.85. The Bertz CT molecular complexity index is 1190. The molecule has 1 N–H and O–H groups in total. The SMILES string of the molecule is Cl.Cn1cnc(S(=O)(=O)CCc2ccc3c(c2)C(C(C)(C)c2ccc(Cl)cc2)NCC3)c1. The molecule has 0 bridgehead atoms. The van der Waals surface area contributed by atoms with Crippen LogP contribution in [-0.2, 0) is 35.1 Å². The lowest BCUT2D eigenvalue weighted by Crippen LogP contribution is -2.41. The fourth-order valence-corrected chi connectivity index (χ4v) is 5.73. The lowest BCUT2D eigenvalue weighted by atomic mass is 9.72. The minimum Gasteiger partial charge on any atom is -0.339 e. The Morgan fingerprint density at radius 2 is 1.91 bits per heavy atom. The number of sulfone groups is 1. The van der Waals surface area contributed by atoms with Gasteiger partial charge in [0.15, 0.2) is 14.9 Å². The van der Waals surface area contributed by atoms with Gasteiger partial charge in [-0.15, -0.1) is 12.4 Å². The molecule has 1 aromatic heterocycles. The number of nitrogens with one attached hydrogen (secondary N) is 1. The fraction of sp³-hybridized carbons (Fsp3) is 0.375. The number of hydrogen-bond donors (Lipinski definition) is 1. The quantitative estimate of drug-likeness (QED) is 0.541. The van der Waals surface area contributed by atoms with Crippen molar-refractivity contribution in [3.63, 3.8) is 0 Å². The average Bonchev–Trinajstić information content (AvgIpc) is 3.19. The van der Waals surface area contributed by atoms with E-state index >= 15 is 0 Å². The molecule has 1 aliphatic heterocycles. The average molecular weight is 494 g/mol. The number of imidazole rings is 1. The monoisotopic (exact) mass is 493 g/mol. The molecule has 0 saturated carbocycles. The van der Waals surface area contributed by atoms with Crippen molar-refractivity contribution in [3.05, 3.63) is 82.3 Å². The molecule has 1 aliphatic rings. The topological polar surface area (TPSA) is 64.0 Å². The van der Waals surface area contributed by atoms with E-state index in [0.29, 0.717) is 6.42 Å². The summed E-state index contributed by atoms with van der Waals surface area (Å²) in [6, 6.07) is 14.6. The lowest BCUT2D eigenvalue weighted by molar-refractivity contribution is 0.335. The molecule has 2 aromatic carbocycles. The van der Waals surface area contributed by atoms with Gasteiger partial charge in [0, 0.05) is 29.7 Å². The minimum absolute atomic E-state index is 0. The molecular weight excluding hydrogens is 465 g/mol. The van der Waals surface area contributed by atoms with Gasteiger partial charge in [-0.05, 0) is 53.8 Å². The number of nitrogens with zero attached hydrogens (tertiary/aromatic N) is 2. The van der Waals surface area contributed by atoms with E-state index in [0.717, 1.165) is 23.6 Å². The van der Waals surface area contributed by atoms with Gasteiger partial charge >= 0.3 is 0 Å². The molecule has 8 heteroatoms. The standard InChI is InChI=1S/C24H28ClN3O2S.ClH/c1-24(2,19-6-8-20(25)9-7-19)23-21-14-17(4-5-18(21)10-12-26-23)11-13-31(29,30)22-15-28(3)16-27-22;/h4-9,14-16,23,26H,10-13H2,1-3H3;1H. The van der Waals surface area contributed by atoms with Gasteiger partial charge in [0.25, 0.3) is 0 Å². The number of aryl methyl sites for hydroxylation is 2. The van der Waals surface area contributed by atoms with Crippen LogP contribution in [0.5, 0.6) is 0 Å². The Labute approximate surface area is 201 Å². The van der Waals surface area contributed by atoms with Crippen LogP contribution in [0.15, 0.2) is 60.0 Å². The minimum atomic E-state index is -3.41. The molecule has 5 nitrogen and oxygen atoms in total. The van der Waals surface area contributed by atoms with Crippen molar-refractivity contribution in [2.75, 3.05) is 12.3 Å². The van der Waals surface area contributed by atoms with E-state index in [1.807, 2.05) is 12.1 Å². The number of benzene rings is 2. The first-order valence-electron chi connectivity index (χ1n) is 10.5. The molecule has 0 spiro atoms. The van der Waals surface area contributed by atoms with Gasteiger partial charge in [-0.3, -0.25) is 0 Å². The van der Waals surface area contributed by atoms with Gasteiger partial charge in [0.1, 0.15) is 0 Å². The molecule has 0 saturated heterocycles. The fourth-order valence-electron chi connectivity index (χ4n) is 4.35. The van der Waals surface area contributed by atoms with E-state index in [1.54, 1.807) is 17.8 Å². The van der Waals surface area contributed by atoms with E-state index < -0.39 is 9.84 Å². The number of fused-ring (bicyclic) bond motifs is 1. The first-order valence-corrected chi connectivity index (χ1v) is 12.5. The van der Waals surface area contributed by atoms with Crippen LogP contribution in [0.1, 0.15) is 42.1 Å². The molecule has 2 heterocycles. The highest BCUT2D eigenvalue weighted by Crippen LogP contribution is 2.40. The van der Waals surface area contributed by atoms with Crippen molar-refractivity contribution >= 4 is 33.8 Å². The van der Waals surface area contributed by atoms with Gasteiger partial charge in [0.2, 0.25) is 0 Å².